The zero-order chi connectivity index (χ0) is 19.6. The fourth-order valence-electron chi connectivity index (χ4n) is 4.19. The van der Waals surface area contributed by atoms with Crippen LogP contribution in [0.25, 0.3) is 16.6 Å². The molecular weight excluding hydrogens is 358 g/mol. The van der Waals surface area contributed by atoms with Crippen LogP contribution in [-0.2, 0) is 6.54 Å². The molecule has 0 radical (unpaired) electrons. The van der Waals surface area contributed by atoms with Crippen molar-refractivity contribution in [2.75, 3.05) is 26.7 Å². The summed E-state index contributed by atoms with van der Waals surface area (Å²) in [6.45, 7) is 4.04. The Bertz CT molecular complexity index is 1090. The van der Waals surface area contributed by atoms with E-state index in [0.717, 1.165) is 31.9 Å². The molecule has 0 bridgehead atoms. The fraction of sp³-hybridized carbons (Fsp3) is 0.250. The maximum Gasteiger partial charge on any atom is 0.0996 e. The number of nitrogens with zero attached hydrogens (tertiary/aromatic N) is 5. The zero-order valence-corrected chi connectivity index (χ0v) is 16.6. The average molecular weight is 383 g/mol. The average Bonchev–Trinajstić information content (AvgIpc) is 3.19. The second kappa shape index (κ2) is 7.78. The van der Waals surface area contributed by atoms with E-state index in [0.29, 0.717) is 0 Å². The van der Waals surface area contributed by atoms with Crippen molar-refractivity contribution < 1.29 is 0 Å². The molecule has 1 aliphatic rings. The van der Waals surface area contributed by atoms with Gasteiger partial charge >= 0.3 is 0 Å². The number of piperazine rings is 1. The predicted octanol–water partition coefficient (Wildman–Crippen LogP) is 3.89. The third kappa shape index (κ3) is 3.67. The van der Waals surface area contributed by atoms with Crippen LogP contribution in [-0.4, -0.2) is 50.9 Å². The Morgan fingerprint density at radius 2 is 1.76 bits per heavy atom. The summed E-state index contributed by atoms with van der Waals surface area (Å²) in [6.07, 6.45) is 7.87. The van der Waals surface area contributed by atoms with Gasteiger partial charge in [0, 0.05) is 44.8 Å². The molecule has 1 aromatic carbocycles. The number of pyridine rings is 2. The van der Waals surface area contributed by atoms with Crippen molar-refractivity contribution in [2.45, 2.75) is 12.6 Å². The topological polar surface area (TPSA) is 36.7 Å². The minimum Gasteiger partial charge on any atom is -0.305 e. The highest BCUT2D eigenvalue weighted by Gasteiger charge is 2.28. The van der Waals surface area contributed by atoms with Crippen molar-refractivity contribution in [1.29, 1.82) is 0 Å². The van der Waals surface area contributed by atoms with Gasteiger partial charge in [0.2, 0.25) is 0 Å². The summed E-state index contributed by atoms with van der Waals surface area (Å²) in [7, 11) is 2.21. The molecule has 4 heterocycles. The Kier molecular flexibility index (Phi) is 4.84. The number of rotatable bonds is 4. The lowest BCUT2D eigenvalue weighted by Crippen LogP contribution is -2.46. The van der Waals surface area contributed by atoms with Crippen molar-refractivity contribution in [2.24, 2.45) is 0 Å². The molecule has 0 N–H and O–H groups in total. The molecule has 3 aromatic heterocycles. The Morgan fingerprint density at radius 3 is 2.59 bits per heavy atom. The summed E-state index contributed by atoms with van der Waals surface area (Å²) in [5.74, 6) is 0. The summed E-state index contributed by atoms with van der Waals surface area (Å²) in [5, 5.41) is 0. The molecule has 1 atom stereocenters. The van der Waals surface area contributed by atoms with Crippen LogP contribution in [0, 0.1) is 0 Å². The second-order valence-electron chi connectivity index (χ2n) is 7.79. The Morgan fingerprint density at radius 1 is 0.931 bits per heavy atom. The predicted molar refractivity (Wildman–Crippen MR) is 116 cm³/mol. The van der Waals surface area contributed by atoms with E-state index in [1.165, 1.54) is 22.2 Å². The standard InChI is InChI=1S/C24H25N5/c1-27-13-14-28(15-19-9-11-25-12-10-19)17-23(27)24-22-8-7-21(16-29(22)18-26-24)20-5-3-2-4-6-20/h2-12,16,18,23H,13-15,17H2,1H3/t23-/m0/s1. The molecule has 0 spiro atoms. The number of likely N-dealkylation sites (N-methyl/N-ethyl adjacent to an activating group) is 1. The third-order valence-electron chi connectivity index (χ3n) is 5.87. The highest BCUT2D eigenvalue weighted by Crippen LogP contribution is 2.29. The molecule has 5 rings (SSSR count). The first-order valence-electron chi connectivity index (χ1n) is 10.1. The Labute approximate surface area is 171 Å². The van der Waals surface area contributed by atoms with Gasteiger partial charge in [-0.1, -0.05) is 36.4 Å². The first-order valence-corrected chi connectivity index (χ1v) is 10.1. The van der Waals surface area contributed by atoms with Gasteiger partial charge in [0.1, 0.15) is 0 Å². The van der Waals surface area contributed by atoms with Crippen LogP contribution in [0.3, 0.4) is 0 Å². The molecule has 146 valence electrons. The monoisotopic (exact) mass is 383 g/mol. The van der Waals surface area contributed by atoms with E-state index in [-0.39, 0.29) is 6.04 Å². The Balaban J connectivity index is 1.41. The summed E-state index contributed by atoms with van der Waals surface area (Å²) < 4.78 is 2.16. The van der Waals surface area contributed by atoms with Crippen LogP contribution in [0.15, 0.2) is 79.5 Å². The largest absolute Gasteiger partial charge is 0.305 e. The van der Waals surface area contributed by atoms with Crippen LogP contribution in [0.2, 0.25) is 0 Å². The molecular formula is C24H25N5. The van der Waals surface area contributed by atoms with E-state index in [1.54, 1.807) is 0 Å². The van der Waals surface area contributed by atoms with Crippen LogP contribution in [0.1, 0.15) is 17.3 Å². The normalized spacial score (nSPS) is 18.3. The van der Waals surface area contributed by atoms with Gasteiger partial charge in [0.15, 0.2) is 0 Å². The van der Waals surface area contributed by atoms with E-state index in [1.807, 2.05) is 24.8 Å². The van der Waals surface area contributed by atoms with Crippen LogP contribution in [0.4, 0.5) is 0 Å². The molecule has 29 heavy (non-hydrogen) atoms. The molecule has 0 amide bonds. The maximum atomic E-state index is 4.83. The molecule has 0 aliphatic carbocycles. The van der Waals surface area contributed by atoms with Crippen LogP contribution < -0.4 is 0 Å². The van der Waals surface area contributed by atoms with E-state index >= 15 is 0 Å². The van der Waals surface area contributed by atoms with E-state index in [4.69, 9.17) is 4.98 Å². The number of fused-ring (bicyclic) bond motifs is 1. The molecule has 0 saturated carbocycles. The van der Waals surface area contributed by atoms with Crippen LogP contribution >= 0.6 is 0 Å². The number of imidazole rings is 1. The quantitative estimate of drug-likeness (QED) is 0.536. The molecule has 1 aliphatic heterocycles. The smallest absolute Gasteiger partial charge is 0.0996 e. The zero-order valence-electron chi connectivity index (χ0n) is 16.6. The molecule has 4 aromatic rings. The summed E-state index contributed by atoms with van der Waals surface area (Å²) in [6, 6.07) is 19.4. The minimum absolute atomic E-state index is 0.290. The van der Waals surface area contributed by atoms with Gasteiger partial charge in [-0.3, -0.25) is 14.8 Å². The summed E-state index contributed by atoms with van der Waals surface area (Å²) >= 11 is 0. The SMILES string of the molecule is CN1CCN(Cc2ccncc2)C[C@H]1c1ncn2cc(-c3ccccc3)ccc12. The van der Waals surface area contributed by atoms with E-state index in [9.17, 15) is 0 Å². The number of aromatic nitrogens is 3. The molecule has 0 unspecified atom stereocenters. The van der Waals surface area contributed by atoms with E-state index < -0.39 is 0 Å². The molecule has 5 nitrogen and oxygen atoms in total. The summed E-state index contributed by atoms with van der Waals surface area (Å²) in [5.41, 5.74) is 6.09. The number of benzene rings is 1. The maximum absolute atomic E-state index is 4.83. The van der Waals surface area contributed by atoms with Gasteiger partial charge in [-0.25, -0.2) is 4.98 Å². The van der Waals surface area contributed by atoms with Crippen LogP contribution in [0.5, 0.6) is 0 Å². The first-order chi connectivity index (χ1) is 14.3. The number of hydrogen-bond acceptors (Lipinski definition) is 4. The van der Waals surface area contributed by atoms with Crippen molar-refractivity contribution in [3.05, 3.63) is 90.8 Å². The fourth-order valence-corrected chi connectivity index (χ4v) is 4.19. The lowest BCUT2D eigenvalue weighted by atomic mass is 10.1. The van der Waals surface area contributed by atoms with Gasteiger partial charge in [-0.15, -0.1) is 0 Å². The van der Waals surface area contributed by atoms with Gasteiger partial charge in [0.25, 0.3) is 0 Å². The van der Waals surface area contributed by atoms with Gasteiger partial charge in [0.05, 0.1) is 23.6 Å². The lowest BCUT2D eigenvalue weighted by Gasteiger charge is -2.39. The lowest BCUT2D eigenvalue weighted by molar-refractivity contribution is 0.0892. The number of hydrogen-bond donors (Lipinski definition) is 0. The van der Waals surface area contributed by atoms with Gasteiger partial charge in [-0.05, 0) is 41.9 Å². The van der Waals surface area contributed by atoms with Gasteiger partial charge in [-0.2, -0.15) is 0 Å². The summed E-state index contributed by atoms with van der Waals surface area (Å²) in [4.78, 5) is 13.9. The molecule has 1 saturated heterocycles. The molecule has 1 fully saturated rings. The van der Waals surface area contributed by atoms with Crippen molar-refractivity contribution >= 4 is 5.52 Å². The van der Waals surface area contributed by atoms with Crippen molar-refractivity contribution in [3.63, 3.8) is 0 Å². The van der Waals surface area contributed by atoms with E-state index in [2.05, 4.69) is 81.0 Å². The van der Waals surface area contributed by atoms with Crippen molar-refractivity contribution in [3.8, 4) is 11.1 Å². The molecule has 5 heteroatoms. The third-order valence-corrected chi connectivity index (χ3v) is 5.87. The highest BCUT2D eigenvalue weighted by atomic mass is 15.3. The minimum atomic E-state index is 0.290. The second-order valence-corrected chi connectivity index (χ2v) is 7.79. The van der Waals surface area contributed by atoms with Gasteiger partial charge < -0.3 is 4.40 Å². The Hall–Kier alpha value is -3.02. The highest BCUT2D eigenvalue weighted by molar-refractivity contribution is 5.66. The van der Waals surface area contributed by atoms with Crippen molar-refractivity contribution in [1.82, 2.24) is 24.2 Å². The first kappa shape index (κ1) is 18.0.